The molecule has 3 aromatic carbocycles. The van der Waals surface area contributed by atoms with Crippen molar-refractivity contribution >= 4 is 53.6 Å². The second-order valence-electron chi connectivity index (χ2n) is 10.6. The Kier molecular flexibility index (Phi) is 5.50. The van der Waals surface area contributed by atoms with Gasteiger partial charge in [0.25, 0.3) is 0 Å². The second kappa shape index (κ2) is 8.11. The molecule has 166 valence electrons. The average molecular weight is 510 g/mol. The van der Waals surface area contributed by atoms with Gasteiger partial charge in [-0.05, 0) is 0 Å². The molecule has 0 fully saturated rings. The van der Waals surface area contributed by atoms with Crippen LogP contribution in [0, 0.1) is 6.92 Å². The van der Waals surface area contributed by atoms with E-state index in [1.807, 2.05) is 17.5 Å². The summed E-state index contributed by atoms with van der Waals surface area (Å²) >= 11 is -0.422. The van der Waals surface area contributed by atoms with Gasteiger partial charge >= 0.3 is 205 Å². The predicted octanol–water partition coefficient (Wildman–Crippen LogP) is 7.55. The summed E-state index contributed by atoms with van der Waals surface area (Å²) in [5, 5.41) is 3.98. The minimum atomic E-state index is -2.41. The molecule has 0 N–H and O–H groups in total. The van der Waals surface area contributed by atoms with Gasteiger partial charge in [-0.15, -0.1) is 0 Å². The number of hydrogen-bond donors (Lipinski definition) is 0. The first-order valence-electron chi connectivity index (χ1n) is 11.7. The molecule has 1 nitrogen and oxygen atoms in total. The Hall–Kier alpha value is -2.43. The average Bonchev–Trinajstić information content (AvgIpc) is 3.16. The molecular weight excluding hydrogens is 479 g/mol. The Morgan fingerprint density at radius 2 is 1.52 bits per heavy atom. The maximum atomic E-state index is 4.95. The monoisotopic (exact) mass is 511 g/mol. The third-order valence-corrected chi connectivity index (χ3v) is 18.2. The van der Waals surface area contributed by atoms with E-state index in [-0.39, 0.29) is 5.41 Å². The molecule has 2 aromatic heterocycles. The summed E-state index contributed by atoms with van der Waals surface area (Å²) in [6, 6.07) is 26.8. The van der Waals surface area contributed by atoms with E-state index in [0.717, 1.165) is 5.69 Å². The quantitative estimate of drug-likeness (QED) is 0.229. The van der Waals surface area contributed by atoms with Crippen LogP contribution in [0.5, 0.6) is 0 Å². The number of benzene rings is 3. The maximum absolute atomic E-state index is 4.95. The van der Waals surface area contributed by atoms with Crippen molar-refractivity contribution in [2.24, 2.45) is 0 Å². The number of pyridine rings is 1. The van der Waals surface area contributed by atoms with Crippen LogP contribution >= 0.6 is 11.3 Å². The zero-order chi connectivity index (χ0) is 23.4. The Bertz CT molecular complexity index is 1470. The van der Waals surface area contributed by atoms with E-state index in [1.54, 1.807) is 3.71 Å². The number of hydrogen-bond acceptors (Lipinski definition) is 2. The fourth-order valence-electron chi connectivity index (χ4n) is 5.00. The van der Waals surface area contributed by atoms with Crippen molar-refractivity contribution in [3.05, 3.63) is 90.1 Å². The molecule has 0 aliphatic carbocycles. The van der Waals surface area contributed by atoms with E-state index in [2.05, 4.69) is 112 Å². The molecule has 0 radical (unpaired) electrons. The van der Waals surface area contributed by atoms with E-state index >= 15 is 0 Å². The van der Waals surface area contributed by atoms with Crippen LogP contribution in [0.3, 0.4) is 0 Å². The molecule has 5 rings (SSSR count). The summed E-state index contributed by atoms with van der Waals surface area (Å²) in [5.74, 6) is 5.04. The van der Waals surface area contributed by atoms with Crippen LogP contribution in [0.25, 0.3) is 32.1 Å². The van der Waals surface area contributed by atoms with Crippen LogP contribution in [0.15, 0.2) is 79.0 Å². The number of fused-ring (bicyclic) bond motifs is 2. The number of rotatable bonds is 3. The normalized spacial score (nSPS) is 12.5. The van der Waals surface area contributed by atoms with Gasteiger partial charge in [-0.3, -0.25) is 0 Å². The van der Waals surface area contributed by atoms with Gasteiger partial charge in [0.2, 0.25) is 0 Å². The zero-order valence-corrected chi connectivity index (χ0v) is 23.3. The summed E-state index contributed by atoms with van der Waals surface area (Å²) < 4.78 is 4.46. The topological polar surface area (TPSA) is 12.9 Å². The SMILES string of the molecule is Cc1[c]([Ge]([CH3])([CH3])[c]2ccccc2)sc2c(-c3cc(C(C)(C)C)c4ccccc4c3)nccc12. The molecule has 0 unspecified atom stereocenters. The van der Waals surface area contributed by atoms with Gasteiger partial charge in [0.1, 0.15) is 0 Å². The van der Waals surface area contributed by atoms with Crippen molar-refractivity contribution in [3.63, 3.8) is 0 Å². The molecule has 0 atom stereocenters. The van der Waals surface area contributed by atoms with Gasteiger partial charge < -0.3 is 0 Å². The third kappa shape index (κ3) is 3.83. The van der Waals surface area contributed by atoms with E-state index in [1.165, 1.54) is 41.9 Å². The number of aromatic nitrogens is 1. The van der Waals surface area contributed by atoms with Crippen molar-refractivity contribution in [1.29, 1.82) is 0 Å². The van der Waals surface area contributed by atoms with Crippen LogP contribution in [0.1, 0.15) is 31.9 Å². The van der Waals surface area contributed by atoms with E-state index in [4.69, 9.17) is 4.98 Å². The van der Waals surface area contributed by atoms with Crippen LogP contribution in [-0.2, 0) is 5.41 Å². The number of nitrogens with zero attached hydrogens (tertiary/aromatic N) is 1. The molecule has 3 heteroatoms. The summed E-state index contributed by atoms with van der Waals surface area (Å²) in [4.78, 5) is 4.95. The first-order chi connectivity index (χ1) is 15.7. The molecule has 0 aliphatic heterocycles. The molecule has 0 saturated heterocycles. The van der Waals surface area contributed by atoms with Gasteiger partial charge in [-0.25, -0.2) is 0 Å². The Labute approximate surface area is 203 Å². The fourth-order valence-corrected chi connectivity index (χ4v) is 14.1. The van der Waals surface area contributed by atoms with Crippen molar-refractivity contribution in [1.82, 2.24) is 4.98 Å². The standard InChI is InChI=1S/C30H31GeNS/c1-20-24-16-17-32-27(28(24)33-29(20)31(5,6)23-13-8-7-9-14-23)22-18-21-12-10-11-15-25(21)26(19-22)30(2,3)4/h7-19H,1-6H3. The van der Waals surface area contributed by atoms with Crippen LogP contribution < -0.4 is 8.11 Å². The summed E-state index contributed by atoms with van der Waals surface area (Å²) in [6.07, 6.45) is 2.00. The third-order valence-electron chi connectivity index (χ3n) is 6.86. The van der Waals surface area contributed by atoms with E-state index in [9.17, 15) is 0 Å². The zero-order valence-electron chi connectivity index (χ0n) is 20.4. The Morgan fingerprint density at radius 1 is 0.818 bits per heavy atom. The van der Waals surface area contributed by atoms with Crippen molar-refractivity contribution < 1.29 is 0 Å². The molecule has 0 saturated carbocycles. The Balaban J connectivity index is 1.76. The summed E-state index contributed by atoms with van der Waals surface area (Å²) in [5.41, 5.74) is 5.23. The molecular formula is C30H31GeNS. The van der Waals surface area contributed by atoms with Crippen molar-refractivity contribution in [3.8, 4) is 11.3 Å². The van der Waals surface area contributed by atoms with Crippen LogP contribution in [-0.4, -0.2) is 18.3 Å². The van der Waals surface area contributed by atoms with Crippen molar-refractivity contribution in [2.75, 3.05) is 0 Å². The number of thiophene rings is 1. The van der Waals surface area contributed by atoms with Gasteiger partial charge in [0.05, 0.1) is 0 Å². The minimum absolute atomic E-state index is 0.0602. The van der Waals surface area contributed by atoms with E-state index < -0.39 is 13.3 Å². The molecule has 33 heavy (non-hydrogen) atoms. The summed E-state index contributed by atoms with van der Waals surface area (Å²) in [6.45, 7) is 9.22. The molecule has 2 heterocycles. The Morgan fingerprint density at radius 3 is 2.24 bits per heavy atom. The number of aryl methyl sites for hydroxylation is 1. The van der Waals surface area contributed by atoms with Gasteiger partial charge in [-0.1, -0.05) is 0 Å². The first kappa shape index (κ1) is 22.4. The molecule has 0 spiro atoms. The van der Waals surface area contributed by atoms with Crippen LogP contribution in [0.4, 0.5) is 0 Å². The first-order valence-corrected chi connectivity index (χ1v) is 18.8. The molecule has 0 amide bonds. The van der Waals surface area contributed by atoms with Crippen LogP contribution in [0.2, 0.25) is 11.5 Å². The van der Waals surface area contributed by atoms with Gasteiger partial charge in [0, 0.05) is 0 Å². The molecule has 0 aliphatic rings. The second-order valence-corrected chi connectivity index (χ2v) is 21.4. The molecule has 0 bridgehead atoms. The van der Waals surface area contributed by atoms with E-state index in [0.29, 0.717) is 0 Å². The van der Waals surface area contributed by atoms with Gasteiger partial charge in [0.15, 0.2) is 0 Å². The van der Waals surface area contributed by atoms with Crippen molar-refractivity contribution in [2.45, 2.75) is 44.6 Å². The van der Waals surface area contributed by atoms with Gasteiger partial charge in [-0.2, -0.15) is 0 Å². The predicted molar refractivity (Wildman–Crippen MR) is 149 cm³/mol. The fraction of sp³-hybridized carbons (Fsp3) is 0.233. The summed E-state index contributed by atoms with van der Waals surface area (Å²) in [7, 11) is 0. The molecule has 5 aromatic rings.